The molecule has 1 heterocycles. The van der Waals surface area contributed by atoms with Crippen molar-refractivity contribution >= 4 is 0 Å². The maximum Gasteiger partial charge on any atom is 0.207 e. The highest BCUT2D eigenvalue weighted by Crippen LogP contribution is 2.49. The second kappa shape index (κ2) is 6.72. The van der Waals surface area contributed by atoms with E-state index in [9.17, 15) is 4.39 Å². The topological polar surface area (TPSA) is 18.5 Å². The minimum atomic E-state index is -0.327. The van der Waals surface area contributed by atoms with Crippen molar-refractivity contribution in [3.63, 3.8) is 0 Å². The summed E-state index contributed by atoms with van der Waals surface area (Å²) >= 11 is 0. The Labute approximate surface area is 132 Å². The molecular formula is C19H25FO2. The molecule has 0 amide bonds. The SMILES string of the molecule is CCC/C=C/C1CCC2c3ccc(OCC)c(F)c3OC2C1. The van der Waals surface area contributed by atoms with E-state index in [4.69, 9.17) is 9.47 Å². The maximum absolute atomic E-state index is 14.5. The highest BCUT2D eigenvalue weighted by Gasteiger charge is 2.40. The van der Waals surface area contributed by atoms with Gasteiger partial charge in [0.05, 0.1) is 6.61 Å². The Morgan fingerprint density at radius 3 is 2.95 bits per heavy atom. The molecule has 3 atom stereocenters. The molecule has 0 aromatic heterocycles. The first-order valence-corrected chi connectivity index (χ1v) is 8.53. The molecule has 22 heavy (non-hydrogen) atoms. The molecule has 1 saturated carbocycles. The van der Waals surface area contributed by atoms with Crippen LogP contribution in [0.4, 0.5) is 4.39 Å². The Morgan fingerprint density at radius 2 is 2.18 bits per heavy atom. The van der Waals surface area contributed by atoms with Crippen molar-refractivity contribution in [2.45, 2.75) is 58.0 Å². The van der Waals surface area contributed by atoms with Crippen LogP contribution in [0.5, 0.6) is 11.5 Å². The lowest BCUT2D eigenvalue weighted by molar-refractivity contribution is 0.139. The molecule has 0 N–H and O–H groups in total. The van der Waals surface area contributed by atoms with Crippen LogP contribution in [0, 0.1) is 11.7 Å². The Kier molecular flexibility index (Phi) is 4.70. The molecule has 0 saturated heterocycles. The third kappa shape index (κ3) is 2.86. The molecule has 3 heteroatoms. The van der Waals surface area contributed by atoms with E-state index in [2.05, 4.69) is 19.1 Å². The van der Waals surface area contributed by atoms with Gasteiger partial charge < -0.3 is 9.47 Å². The fraction of sp³-hybridized carbons (Fsp3) is 0.579. The van der Waals surface area contributed by atoms with Gasteiger partial charge in [0.25, 0.3) is 0 Å². The van der Waals surface area contributed by atoms with E-state index in [1.54, 1.807) is 6.07 Å². The molecule has 3 rings (SSSR count). The second-order valence-corrected chi connectivity index (χ2v) is 6.28. The molecule has 1 fully saturated rings. The molecule has 1 aliphatic heterocycles. The molecule has 0 spiro atoms. The van der Waals surface area contributed by atoms with Gasteiger partial charge in [-0.2, -0.15) is 4.39 Å². The van der Waals surface area contributed by atoms with Gasteiger partial charge in [-0.15, -0.1) is 0 Å². The lowest BCUT2D eigenvalue weighted by atomic mass is 9.77. The highest BCUT2D eigenvalue weighted by atomic mass is 19.1. The molecule has 2 aliphatic rings. The van der Waals surface area contributed by atoms with Crippen molar-refractivity contribution in [3.05, 3.63) is 35.7 Å². The van der Waals surface area contributed by atoms with E-state index in [0.29, 0.717) is 29.9 Å². The van der Waals surface area contributed by atoms with Gasteiger partial charge in [-0.3, -0.25) is 0 Å². The zero-order valence-corrected chi connectivity index (χ0v) is 13.5. The van der Waals surface area contributed by atoms with E-state index in [0.717, 1.165) is 24.8 Å². The summed E-state index contributed by atoms with van der Waals surface area (Å²) in [6, 6.07) is 3.73. The second-order valence-electron chi connectivity index (χ2n) is 6.28. The lowest BCUT2D eigenvalue weighted by Gasteiger charge is -2.29. The standard InChI is InChI=1S/C19H25FO2/c1-3-5-6-7-13-8-9-14-15-10-11-16(21-4-2)18(20)19(15)22-17(14)12-13/h6-7,10-11,13-14,17H,3-5,8-9,12H2,1-2H3/b7-6+. The van der Waals surface area contributed by atoms with Gasteiger partial charge in [0.15, 0.2) is 11.5 Å². The minimum Gasteiger partial charge on any atom is -0.491 e. The van der Waals surface area contributed by atoms with Gasteiger partial charge in [0, 0.05) is 11.5 Å². The molecular weight excluding hydrogens is 279 g/mol. The van der Waals surface area contributed by atoms with Gasteiger partial charge >= 0.3 is 0 Å². The van der Waals surface area contributed by atoms with E-state index < -0.39 is 0 Å². The number of ether oxygens (including phenoxy) is 2. The van der Waals surface area contributed by atoms with E-state index >= 15 is 0 Å². The molecule has 120 valence electrons. The van der Waals surface area contributed by atoms with Gasteiger partial charge in [-0.25, -0.2) is 0 Å². The summed E-state index contributed by atoms with van der Waals surface area (Å²) in [7, 11) is 0. The van der Waals surface area contributed by atoms with Crippen molar-refractivity contribution in [2.24, 2.45) is 5.92 Å². The van der Waals surface area contributed by atoms with Crippen LogP contribution in [0.25, 0.3) is 0 Å². The Morgan fingerprint density at radius 1 is 1.32 bits per heavy atom. The number of allylic oxidation sites excluding steroid dienone is 2. The quantitative estimate of drug-likeness (QED) is 0.694. The Hall–Kier alpha value is -1.51. The minimum absolute atomic E-state index is 0.117. The summed E-state index contributed by atoms with van der Waals surface area (Å²) in [4.78, 5) is 0. The number of hydrogen-bond acceptors (Lipinski definition) is 2. The summed E-state index contributed by atoms with van der Waals surface area (Å²) in [5.41, 5.74) is 1.03. The average molecular weight is 304 g/mol. The van der Waals surface area contributed by atoms with Crippen LogP contribution in [0.1, 0.15) is 57.4 Å². The van der Waals surface area contributed by atoms with Crippen LogP contribution in [-0.4, -0.2) is 12.7 Å². The van der Waals surface area contributed by atoms with Crippen LogP contribution in [0.15, 0.2) is 24.3 Å². The summed E-state index contributed by atoms with van der Waals surface area (Å²) < 4.78 is 25.8. The molecule has 3 unspecified atom stereocenters. The number of hydrogen-bond donors (Lipinski definition) is 0. The Bertz CT molecular complexity index is 553. The molecule has 1 aliphatic carbocycles. The van der Waals surface area contributed by atoms with Gasteiger partial charge in [0.2, 0.25) is 5.82 Å². The smallest absolute Gasteiger partial charge is 0.207 e. The van der Waals surface area contributed by atoms with Crippen molar-refractivity contribution in [1.29, 1.82) is 0 Å². The van der Waals surface area contributed by atoms with Crippen LogP contribution in [0.3, 0.4) is 0 Å². The molecule has 1 aromatic rings. The summed E-state index contributed by atoms with van der Waals surface area (Å²) in [5.74, 6) is 1.32. The Balaban J connectivity index is 1.74. The fourth-order valence-corrected chi connectivity index (χ4v) is 3.66. The van der Waals surface area contributed by atoms with Gasteiger partial charge in [0.1, 0.15) is 6.10 Å². The number of halogens is 1. The predicted octanol–water partition coefficient (Wildman–Crippen LogP) is 5.23. The maximum atomic E-state index is 14.5. The van der Waals surface area contributed by atoms with Crippen LogP contribution < -0.4 is 9.47 Å². The number of benzene rings is 1. The number of unbranched alkanes of at least 4 members (excludes halogenated alkanes) is 1. The lowest BCUT2D eigenvalue weighted by Crippen LogP contribution is -2.27. The van der Waals surface area contributed by atoms with Crippen molar-refractivity contribution in [3.8, 4) is 11.5 Å². The van der Waals surface area contributed by atoms with Gasteiger partial charge in [-0.1, -0.05) is 31.6 Å². The normalized spacial score (nSPS) is 26.6. The fourth-order valence-electron chi connectivity index (χ4n) is 3.66. The number of fused-ring (bicyclic) bond motifs is 3. The molecule has 0 radical (unpaired) electrons. The van der Waals surface area contributed by atoms with Crippen LogP contribution in [0.2, 0.25) is 0 Å². The van der Waals surface area contributed by atoms with Crippen LogP contribution >= 0.6 is 0 Å². The summed E-state index contributed by atoms with van der Waals surface area (Å²) in [6.07, 6.45) is 10.3. The molecule has 0 bridgehead atoms. The van der Waals surface area contributed by atoms with E-state index in [1.807, 2.05) is 13.0 Å². The third-order valence-corrected chi connectivity index (χ3v) is 4.76. The first kappa shape index (κ1) is 15.4. The first-order valence-electron chi connectivity index (χ1n) is 8.53. The first-order chi connectivity index (χ1) is 10.7. The largest absolute Gasteiger partial charge is 0.491 e. The zero-order valence-electron chi connectivity index (χ0n) is 13.5. The average Bonchev–Trinajstić information content (AvgIpc) is 2.89. The molecule has 1 aromatic carbocycles. The number of rotatable bonds is 5. The molecule has 2 nitrogen and oxygen atoms in total. The predicted molar refractivity (Wildman–Crippen MR) is 86.1 cm³/mol. The van der Waals surface area contributed by atoms with E-state index in [1.165, 1.54) is 12.8 Å². The summed E-state index contributed by atoms with van der Waals surface area (Å²) in [5, 5.41) is 0. The van der Waals surface area contributed by atoms with Crippen LogP contribution in [-0.2, 0) is 0 Å². The summed E-state index contributed by atoms with van der Waals surface area (Å²) in [6.45, 7) is 4.52. The highest BCUT2D eigenvalue weighted by molar-refractivity contribution is 5.48. The van der Waals surface area contributed by atoms with E-state index in [-0.39, 0.29) is 11.9 Å². The third-order valence-electron chi connectivity index (χ3n) is 4.76. The van der Waals surface area contributed by atoms with Crippen molar-refractivity contribution in [1.82, 2.24) is 0 Å². The van der Waals surface area contributed by atoms with Crippen molar-refractivity contribution < 1.29 is 13.9 Å². The monoisotopic (exact) mass is 304 g/mol. The zero-order chi connectivity index (χ0) is 15.5. The van der Waals surface area contributed by atoms with Crippen molar-refractivity contribution in [2.75, 3.05) is 6.61 Å². The van der Waals surface area contributed by atoms with Gasteiger partial charge in [-0.05, 0) is 44.6 Å².